The molecule has 2 aromatic heterocycles. The molecule has 0 amide bonds. The Morgan fingerprint density at radius 1 is 1.00 bits per heavy atom. The Morgan fingerprint density at radius 2 is 1.77 bits per heavy atom. The van der Waals surface area contributed by atoms with Gasteiger partial charge in [-0.05, 0) is 42.5 Å². The fourth-order valence-corrected chi connectivity index (χ4v) is 3.31. The van der Waals surface area contributed by atoms with Crippen molar-refractivity contribution < 1.29 is 23.4 Å². The molecule has 2 heterocycles. The number of benzene rings is 2. The van der Waals surface area contributed by atoms with E-state index < -0.39 is 0 Å². The van der Waals surface area contributed by atoms with Crippen molar-refractivity contribution in [2.75, 3.05) is 21.3 Å². The highest BCUT2D eigenvalue weighted by atomic mass is 16.5. The maximum atomic E-state index is 13.6. The minimum atomic E-state index is -0.202. The van der Waals surface area contributed by atoms with Gasteiger partial charge in [-0.25, -0.2) is 4.98 Å². The van der Waals surface area contributed by atoms with Crippen molar-refractivity contribution in [3.63, 3.8) is 0 Å². The normalized spacial score (nSPS) is 10.6. The van der Waals surface area contributed by atoms with Gasteiger partial charge in [0.05, 0.1) is 39.6 Å². The second-order valence-electron chi connectivity index (χ2n) is 6.42. The number of hydrogen-bond donors (Lipinski definition) is 0. The molecule has 0 spiro atoms. The zero-order chi connectivity index (χ0) is 21.1. The van der Waals surface area contributed by atoms with Crippen LogP contribution in [0.4, 0.5) is 0 Å². The van der Waals surface area contributed by atoms with Gasteiger partial charge in [-0.3, -0.25) is 4.79 Å². The summed E-state index contributed by atoms with van der Waals surface area (Å²) in [4.78, 5) is 17.7. The lowest BCUT2D eigenvalue weighted by Gasteiger charge is -2.15. The number of ether oxygens (including phenoxy) is 3. The Labute approximate surface area is 173 Å². The maximum Gasteiger partial charge on any atom is 0.203 e. The molecule has 0 atom stereocenters. The van der Waals surface area contributed by atoms with Crippen molar-refractivity contribution in [1.82, 2.24) is 9.55 Å². The van der Waals surface area contributed by atoms with Crippen molar-refractivity contribution in [1.29, 1.82) is 0 Å². The summed E-state index contributed by atoms with van der Waals surface area (Å²) in [5, 5.41) is 0. The second-order valence-corrected chi connectivity index (χ2v) is 6.42. The third-order valence-electron chi connectivity index (χ3n) is 4.76. The van der Waals surface area contributed by atoms with Gasteiger partial charge in [0.2, 0.25) is 5.75 Å². The zero-order valence-electron chi connectivity index (χ0n) is 16.8. The summed E-state index contributed by atoms with van der Waals surface area (Å²) >= 11 is 0. The lowest BCUT2D eigenvalue weighted by Crippen LogP contribution is -2.08. The first kappa shape index (κ1) is 19.3. The Kier molecular flexibility index (Phi) is 5.26. The van der Waals surface area contributed by atoms with E-state index in [1.54, 1.807) is 53.8 Å². The van der Waals surface area contributed by atoms with E-state index in [2.05, 4.69) is 4.98 Å². The number of imidazole rings is 1. The average molecular weight is 404 g/mol. The number of nitrogens with zero attached hydrogens (tertiary/aromatic N) is 2. The van der Waals surface area contributed by atoms with Crippen LogP contribution in [0.3, 0.4) is 0 Å². The van der Waals surface area contributed by atoms with Crippen LogP contribution in [-0.2, 0) is 0 Å². The van der Waals surface area contributed by atoms with E-state index in [4.69, 9.17) is 18.6 Å². The Balaban J connectivity index is 1.88. The Bertz CT molecular complexity index is 1140. The maximum absolute atomic E-state index is 13.6. The van der Waals surface area contributed by atoms with Crippen LogP contribution in [0, 0.1) is 0 Å². The molecule has 7 heteroatoms. The molecule has 0 aliphatic heterocycles. The largest absolute Gasteiger partial charge is 0.493 e. The summed E-state index contributed by atoms with van der Waals surface area (Å²) in [5.41, 5.74) is 2.37. The molecule has 7 nitrogen and oxygen atoms in total. The number of carbonyl (C=O) groups excluding carboxylic acids is 1. The summed E-state index contributed by atoms with van der Waals surface area (Å²) in [6.07, 6.45) is 6.69. The predicted octanol–water partition coefficient (Wildman–Crippen LogP) is 4.39. The second kappa shape index (κ2) is 8.16. The Morgan fingerprint density at radius 3 is 2.33 bits per heavy atom. The van der Waals surface area contributed by atoms with Gasteiger partial charge in [0.15, 0.2) is 17.3 Å². The minimum absolute atomic E-state index is 0.202. The first-order chi connectivity index (χ1) is 14.7. The third-order valence-corrected chi connectivity index (χ3v) is 4.76. The summed E-state index contributed by atoms with van der Waals surface area (Å²) in [7, 11) is 4.55. The molecule has 0 saturated carbocycles. The van der Waals surface area contributed by atoms with Crippen molar-refractivity contribution in [2.24, 2.45) is 0 Å². The summed E-state index contributed by atoms with van der Waals surface area (Å²) in [5.74, 6) is 1.71. The molecule has 0 aliphatic rings. The van der Waals surface area contributed by atoms with Crippen molar-refractivity contribution in [3.05, 3.63) is 78.6 Å². The number of hydrogen-bond acceptors (Lipinski definition) is 6. The highest BCUT2D eigenvalue weighted by molar-refractivity contribution is 6.12. The standard InChI is InChI=1S/C23H20N2O5/c1-27-20-12-16(13-21(28-2)23(20)29-3)22(26)17-11-15(19-5-4-10-30-19)6-7-18(17)25-9-8-24-14-25/h4-14H,1-3H3. The van der Waals surface area contributed by atoms with E-state index in [0.29, 0.717) is 39.8 Å². The number of aromatic nitrogens is 2. The van der Waals surface area contributed by atoms with Gasteiger partial charge in [0.1, 0.15) is 5.76 Å². The molecular weight excluding hydrogens is 384 g/mol. The number of furan rings is 1. The fourth-order valence-electron chi connectivity index (χ4n) is 3.31. The summed E-state index contributed by atoms with van der Waals surface area (Å²) < 4.78 is 23.5. The molecule has 0 saturated heterocycles. The highest BCUT2D eigenvalue weighted by Gasteiger charge is 2.21. The molecule has 4 aromatic rings. The van der Waals surface area contributed by atoms with E-state index in [9.17, 15) is 4.79 Å². The SMILES string of the molecule is COc1cc(C(=O)c2cc(-c3ccco3)ccc2-n2ccnc2)cc(OC)c1OC. The smallest absolute Gasteiger partial charge is 0.203 e. The van der Waals surface area contributed by atoms with E-state index in [1.165, 1.54) is 21.3 Å². The fraction of sp³-hybridized carbons (Fsp3) is 0.130. The predicted molar refractivity (Wildman–Crippen MR) is 111 cm³/mol. The van der Waals surface area contributed by atoms with Gasteiger partial charge in [-0.1, -0.05) is 0 Å². The van der Waals surface area contributed by atoms with Crippen LogP contribution in [0.5, 0.6) is 17.2 Å². The number of rotatable bonds is 7. The molecule has 152 valence electrons. The zero-order valence-corrected chi connectivity index (χ0v) is 16.8. The van der Waals surface area contributed by atoms with Crippen molar-refractivity contribution in [2.45, 2.75) is 0 Å². The molecule has 2 aromatic carbocycles. The van der Waals surface area contributed by atoms with Crippen LogP contribution in [0.25, 0.3) is 17.0 Å². The molecule has 30 heavy (non-hydrogen) atoms. The third kappa shape index (κ3) is 3.41. The van der Waals surface area contributed by atoms with Crippen LogP contribution in [0.2, 0.25) is 0 Å². The minimum Gasteiger partial charge on any atom is -0.493 e. The van der Waals surface area contributed by atoms with Gasteiger partial charge in [0.25, 0.3) is 0 Å². The first-order valence-electron chi connectivity index (χ1n) is 9.17. The van der Waals surface area contributed by atoms with Crippen LogP contribution >= 0.6 is 0 Å². The van der Waals surface area contributed by atoms with Crippen LogP contribution in [-0.4, -0.2) is 36.7 Å². The molecular formula is C23H20N2O5. The van der Waals surface area contributed by atoms with Crippen molar-refractivity contribution >= 4 is 5.78 Å². The van der Waals surface area contributed by atoms with Gasteiger partial charge in [-0.15, -0.1) is 0 Å². The number of carbonyl (C=O) groups is 1. The van der Waals surface area contributed by atoms with Crippen LogP contribution < -0.4 is 14.2 Å². The molecule has 0 radical (unpaired) electrons. The molecule has 4 rings (SSSR count). The highest BCUT2D eigenvalue weighted by Crippen LogP contribution is 2.39. The van der Waals surface area contributed by atoms with E-state index in [1.807, 2.05) is 18.2 Å². The van der Waals surface area contributed by atoms with Crippen molar-refractivity contribution in [3.8, 4) is 34.3 Å². The molecule has 0 N–H and O–H groups in total. The average Bonchev–Trinajstić information content (AvgIpc) is 3.51. The summed E-state index contributed by atoms with van der Waals surface area (Å²) in [6, 6.07) is 12.5. The number of ketones is 1. The molecule has 0 fully saturated rings. The number of methoxy groups -OCH3 is 3. The van der Waals surface area contributed by atoms with Gasteiger partial charge in [0, 0.05) is 29.1 Å². The quantitative estimate of drug-likeness (QED) is 0.425. The van der Waals surface area contributed by atoms with Gasteiger partial charge >= 0.3 is 0 Å². The topological polar surface area (TPSA) is 75.7 Å². The monoisotopic (exact) mass is 404 g/mol. The van der Waals surface area contributed by atoms with Gasteiger partial charge < -0.3 is 23.2 Å². The van der Waals surface area contributed by atoms with Gasteiger partial charge in [-0.2, -0.15) is 0 Å². The summed E-state index contributed by atoms with van der Waals surface area (Å²) in [6.45, 7) is 0. The van der Waals surface area contributed by atoms with E-state index >= 15 is 0 Å². The van der Waals surface area contributed by atoms with E-state index in [0.717, 1.165) is 5.56 Å². The molecule has 0 bridgehead atoms. The molecule has 0 unspecified atom stereocenters. The van der Waals surface area contributed by atoms with Crippen LogP contribution in [0.1, 0.15) is 15.9 Å². The lowest BCUT2D eigenvalue weighted by molar-refractivity contribution is 0.103. The van der Waals surface area contributed by atoms with E-state index in [-0.39, 0.29) is 5.78 Å². The van der Waals surface area contributed by atoms with Crippen LogP contribution in [0.15, 0.2) is 71.9 Å². The Hall–Kier alpha value is -4.00. The lowest BCUT2D eigenvalue weighted by atomic mass is 9.97. The first-order valence-corrected chi connectivity index (χ1v) is 9.17. The molecule has 0 aliphatic carbocycles.